The first-order chi connectivity index (χ1) is 15.0. The van der Waals surface area contributed by atoms with E-state index in [-0.39, 0.29) is 36.1 Å². The second kappa shape index (κ2) is 9.37. The number of methoxy groups -OCH3 is 1. The molecule has 1 N–H and O–H groups in total. The Morgan fingerprint density at radius 1 is 1.06 bits per heavy atom. The van der Waals surface area contributed by atoms with Gasteiger partial charge >= 0.3 is 0 Å². The van der Waals surface area contributed by atoms with Crippen molar-refractivity contribution >= 4 is 11.8 Å². The van der Waals surface area contributed by atoms with E-state index in [0.29, 0.717) is 32.1 Å². The molecule has 164 valence electrons. The van der Waals surface area contributed by atoms with E-state index in [2.05, 4.69) is 5.32 Å². The van der Waals surface area contributed by atoms with Crippen molar-refractivity contribution in [2.45, 2.75) is 38.1 Å². The number of ether oxygens (including phenoxy) is 1. The molecule has 2 atom stereocenters. The topological polar surface area (TPSA) is 80.6 Å². The molecule has 2 aliphatic rings. The van der Waals surface area contributed by atoms with Gasteiger partial charge in [0.25, 0.3) is 5.56 Å². The number of amides is 2. The third-order valence-corrected chi connectivity index (χ3v) is 6.29. The quantitative estimate of drug-likeness (QED) is 0.738. The van der Waals surface area contributed by atoms with E-state index in [1.54, 1.807) is 19.2 Å². The van der Waals surface area contributed by atoms with Crippen molar-refractivity contribution in [2.75, 3.05) is 26.7 Å². The van der Waals surface area contributed by atoms with Crippen LogP contribution in [0.5, 0.6) is 5.75 Å². The number of carbonyl (C=O) groups excluding carboxylic acids is 2. The Hall–Kier alpha value is -3.09. The number of hydrogen-bond donors (Lipinski definition) is 1. The summed E-state index contributed by atoms with van der Waals surface area (Å²) in [5.41, 5.74) is 2.19. The molecule has 2 aliphatic heterocycles. The maximum atomic E-state index is 12.7. The first-order valence-corrected chi connectivity index (χ1v) is 10.9. The molecule has 1 fully saturated rings. The van der Waals surface area contributed by atoms with Gasteiger partial charge in [-0.15, -0.1) is 0 Å². The summed E-state index contributed by atoms with van der Waals surface area (Å²) in [7, 11) is 1.63. The lowest BCUT2D eigenvalue weighted by molar-refractivity contribution is -0.136. The van der Waals surface area contributed by atoms with Crippen LogP contribution < -0.4 is 15.6 Å². The maximum absolute atomic E-state index is 12.7. The minimum absolute atomic E-state index is 0.0201. The molecule has 0 spiro atoms. The van der Waals surface area contributed by atoms with Gasteiger partial charge in [0.15, 0.2) is 0 Å². The third kappa shape index (κ3) is 4.98. The Labute approximate surface area is 182 Å². The molecule has 2 aromatic rings. The molecule has 0 radical (unpaired) electrons. The Balaban J connectivity index is 1.23. The number of pyridine rings is 1. The maximum Gasteiger partial charge on any atom is 0.250 e. The third-order valence-electron chi connectivity index (χ3n) is 6.29. The molecule has 31 heavy (non-hydrogen) atoms. The fourth-order valence-electron chi connectivity index (χ4n) is 4.71. The molecule has 0 saturated carbocycles. The molecule has 2 bridgehead atoms. The van der Waals surface area contributed by atoms with Gasteiger partial charge in [0, 0.05) is 56.7 Å². The molecule has 0 unspecified atom stereocenters. The number of benzene rings is 1. The van der Waals surface area contributed by atoms with Crippen LogP contribution in [0, 0.1) is 5.92 Å². The van der Waals surface area contributed by atoms with Crippen LogP contribution in [0.3, 0.4) is 0 Å². The summed E-state index contributed by atoms with van der Waals surface area (Å²) in [4.78, 5) is 38.9. The average Bonchev–Trinajstić information content (AvgIpc) is 2.78. The Morgan fingerprint density at radius 2 is 1.87 bits per heavy atom. The van der Waals surface area contributed by atoms with Crippen molar-refractivity contribution in [3.05, 3.63) is 64.1 Å². The van der Waals surface area contributed by atoms with Crippen molar-refractivity contribution in [3.8, 4) is 5.75 Å². The number of piperidine rings is 1. The summed E-state index contributed by atoms with van der Waals surface area (Å²) < 4.78 is 7.00. The highest BCUT2D eigenvalue weighted by Crippen LogP contribution is 2.35. The number of nitrogens with one attached hydrogen (secondary N) is 1. The normalized spacial score (nSPS) is 19.5. The number of aromatic nitrogens is 1. The minimum Gasteiger partial charge on any atom is -0.497 e. The van der Waals surface area contributed by atoms with E-state index in [4.69, 9.17) is 4.74 Å². The number of nitrogens with zero attached hydrogens (tertiary/aromatic N) is 2. The molecular formula is C24H29N3O4. The van der Waals surface area contributed by atoms with Crippen LogP contribution in [0.25, 0.3) is 0 Å². The van der Waals surface area contributed by atoms with Crippen LogP contribution in [0.2, 0.25) is 0 Å². The number of carbonyl (C=O) groups is 2. The predicted molar refractivity (Wildman–Crippen MR) is 117 cm³/mol. The Kier molecular flexibility index (Phi) is 6.39. The molecule has 1 aromatic carbocycles. The first kappa shape index (κ1) is 21.2. The molecule has 7 nitrogen and oxygen atoms in total. The van der Waals surface area contributed by atoms with E-state index in [1.807, 2.05) is 39.8 Å². The van der Waals surface area contributed by atoms with Crippen LogP contribution in [0.1, 0.15) is 36.4 Å². The smallest absolute Gasteiger partial charge is 0.250 e. The van der Waals surface area contributed by atoms with Gasteiger partial charge < -0.3 is 19.5 Å². The van der Waals surface area contributed by atoms with Crippen LogP contribution in [-0.4, -0.2) is 48.0 Å². The van der Waals surface area contributed by atoms with Gasteiger partial charge in [-0.05, 0) is 42.5 Å². The standard InChI is InChI=1S/C24H29N3O4/c1-31-20-7-5-17(6-8-20)11-12-25-22(28)9-10-23(29)26-14-18-13-19(16-26)21-3-2-4-24(30)27(21)15-18/h2-8,18-19H,9-16H2,1H3,(H,25,28)/t18-,19-/m1/s1. The van der Waals surface area contributed by atoms with Crippen molar-refractivity contribution < 1.29 is 14.3 Å². The number of likely N-dealkylation sites (tertiary alicyclic amines) is 1. The summed E-state index contributed by atoms with van der Waals surface area (Å²) in [5.74, 6) is 1.23. The zero-order valence-electron chi connectivity index (χ0n) is 17.9. The van der Waals surface area contributed by atoms with Crippen LogP contribution in [-0.2, 0) is 22.6 Å². The predicted octanol–water partition coefficient (Wildman–Crippen LogP) is 1.94. The van der Waals surface area contributed by atoms with Gasteiger partial charge in [0.1, 0.15) is 5.75 Å². The molecule has 0 aliphatic carbocycles. The van der Waals surface area contributed by atoms with Crippen LogP contribution in [0.15, 0.2) is 47.3 Å². The van der Waals surface area contributed by atoms with Crippen LogP contribution in [0.4, 0.5) is 0 Å². The highest BCUT2D eigenvalue weighted by Gasteiger charge is 2.36. The van der Waals surface area contributed by atoms with Gasteiger partial charge in [0.05, 0.1) is 7.11 Å². The number of fused-ring (bicyclic) bond motifs is 4. The van der Waals surface area contributed by atoms with Gasteiger partial charge in [-0.2, -0.15) is 0 Å². The minimum atomic E-state index is -0.101. The summed E-state index contributed by atoms with van der Waals surface area (Å²) >= 11 is 0. The summed E-state index contributed by atoms with van der Waals surface area (Å²) in [6.07, 6.45) is 2.16. The lowest BCUT2D eigenvalue weighted by Gasteiger charge is -2.42. The SMILES string of the molecule is COc1ccc(CCNC(=O)CCC(=O)N2C[C@H]3C[C@H](C2)c2cccc(=O)n2C3)cc1. The van der Waals surface area contributed by atoms with E-state index in [9.17, 15) is 14.4 Å². The lowest BCUT2D eigenvalue weighted by Crippen LogP contribution is -2.49. The van der Waals surface area contributed by atoms with Gasteiger partial charge in [-0.25, -0.2) is 0 Å². The van der Waals surface area contributed by atoms with Crippen molar-refractivity contribution in [3.63, 3.8) is 0 Å². The van der Waals surface area contributed by atoms with Crippen LogP contribution >= 0.6 is 0 Å². The fourth-order valence-corrected chi connectivity index (χ4v) is 4.71. The molecule has 4 rings (SSSR count). The zero-order valence-corrected chi connectivity index (χ0v) is 17.9. The van der Waals surface area contributed by atoms with Crippen molar-refractivity contribution in [1.82, 2.24) is 14.8 Å². The van der Waals surface area contributed by atoms with E-state index >= 15 is 0 Å². The fraction of sp³-hybridized carbons (Fsp3) is 0.458. The highest BCUT2D eigenvalue weighted by atomic mass is 16.5. The molecule has 1 saturated heterocycles. The average molecular weight is 424 g/mol. The van der Waals surface area contributed by atoms with E-state index in [0.717, 1.165) is 29.8 Å². The highest BCUT2D eigenvalue weighted by molar-refractivity contribution is 5.83. The lowest BCUT2D eigenvalue weighted by atomic mass is 9.83. The molecular weight excluding hydrogens is 394 g/mol. The zero-order chi connectivity index (χ0) is 21.8. The van der Waals surface area contributed by atoms with E-state index in [1.165, 1.54) is 0 Å². The summed E-state index contributed by atoms with van der Waals surface area (Å²) in [6, 6.07) is 13.2. The van der Waals surface area contributed by atoms with Gasteiger partial charge in [0.2, 0.25) is 11.8 Å². The Bertz CT molecular complexity index is 999. The van der Waals surface area contributed by atoms with Crippen molar-refractivity contribution in [1.29, 1.82) is 0 Å². The second-order valence-corrected chi connectivity index (χ2v) is 8.44. The van der Waals surface area contributed by atoms with E-state index < -0.39 is 0 Å². The molecule has 3 heterocycles. The molecule has 7 heteroatoms. The molecule has 1 aromatic heterocycles. The largest absolute Gasteiger partial charge is 0.497 e. The van der Waals surface area contributed by atoms with Crippen molar-refractivity contribution in [2.24, 2.45) is 5.92 Å². The number of rotatable bonds is 7. The summed E-state index contributed by atoms with van der Waals surface area (Å²) in [6.45, 7) is 2.49. The second-order valence-electron chi connectivity index (χ2n) is 8.44. The Morgan fingerprint density at radius 3 is 2.65 bits per heavy atom. The summed E-state index contributed by atoms with van der Waals surface area (Å²) in [5, 5.41) is 2.90. The van der Waals surface area contributed by atoms with Gasteiger partial charge in [-0.3, -0.25) is 14.4 Å². The number of hydrogen-bond acceptors (Lipinski definition) is 4. The van der Waals surface area contributed by atoms with Gasteiger partial charge in [-0.1, -0.05) is 18.2 Å². The first-order valence-electron chi connectivity index (χ1n) is 10.9. The molecule has 2 amide bonds. The monoisotopic (exact) mass is 423 g/mol.